The van der Waals surface area contributed by atoms with Gasteiger partial charge < -0.3 is 10.2 Å². The van der Waals surface area contributed by atoms with Crippen molar-refractivity contribution in [3.05, 3.63) is 0 Å². The summed E-state index contributed by atoms with van der Waals surface area (Å²) in [6, 6.07) is -0.217. The third kappa shape index (κ3) is 4.45. The number of likely N-dealkylation sites (tertiary alicyclic amines) is 1. The van der Waals surface area contributed by atoms with E-state index in [9.17, 15) is 9.59 Å². The van der Waals surface area contributed by atoms with Gasteiger partial charge in [-0.1, -0.05) is 33.1 Å². The van der Waals surface area contributed by atoms with E-state index in [1.165, 1.54) is 19.3 Å². The van der Waals surface area contributed by atoms with Gasteiger partial charge in [-0.15, -0.1) is 0 Å². The second kappa shape index (κ2) is 7.81. The monoisotopic (exact) mass is 294 g/mol. The van der Waals surface area contributed by atoms with Gasteiger partial charge in [-0.3, -0.25) is 9.59 Å². The summed E-state index contributed by atoms with van der Waals surface area (Å²) in [6.07, 6.45) is 8.56. The minimum atomic E-state index is -0.217. The van der Waals surface area contributed by atoms with Crippen LogP contribution in [-0.2, 0) is 9.59 Å². The van der Waals surface area contributed by atoms with E-state index in [2.05, 4.69) is 19.2 Å². The van der Waals surface area contributed by atoms with Gasteiger partial charge in [0.25, 0.3) is 0 Å². The molecular weight excluding hydrogens is 264 g/mol. The van der Waals surface area contributed by atoms with Crippen LogP contribution in [0, 0.1) is 11.8 Å². The number of carbonyl (C=O) groups is 2. The first-order chi connectivity index (χ1) is 10.1. The van der Waals surface area contributed by atoms with Crippen LogP contribution in [0.5, 0.6) is 0 Å². The Balaban J connectivity index is 1.80. The zero-order valence-corrected chi connectivity index (χ0v) is 13.6. The van der Waals surface area contributed by atoms with Crippen LogP contribution >= 0.6 is 0 Å². The van der Waals surface area contributed by atoms with Crippen LogP contribution < -0.4 is 5.32 Å². The third-order valence-electron chi connectivity index (χ3n) is 4.84. The van der Waals surface area contributed by atoms with Crippen LogP contribution in [-0.4, -0.2) is 35.8 Å². The molecule has 0 radical (unpaired) electrons. The largest absolute Gasteiger partial charge is 0.354 e. The molecule has 2 amide bonds. The van der Waals surface area contributed by atoms with E-state index in [1.54, 1.807) is 0 Å². The first-order valence-corrected chi connectivity index (χ1v) is 8.73. The molecule has 1 aliphatic carbocycles. The summed E-state index contributed by atoms with van der Waals surface area (Å²) in [7, 11) is 0. The van der Waals surface area contributed by atoms with Gasteiger partial charge in [0.1, 0.15) is 6.04 Å². The van der Waals surface area contributed by atoms with Crippen LogP contribution in [0.3, 0.4) is 0 Å². The molecule has 2 rings (SSSR count). The number of hydrogen-bond acceptors (Lipinski definition) is 2. The molecule has 21 heavy (non-hydrogen) atoms. The van der Waals surface area contributed by atoms with Crippen molar-refractivity contribution >= 4 is 11.8 Å². The summed E-state index contributed by atoms with van der Waals surface area (Å²) in [5.41, 5.74) is 0. The third-order valence-corrected chi connectivity index (χ3v) is 4.84. The average molecular weight is 294 g/mol. The quantitative estimate of drug-likeness (QED) is 0.734. The minimum absolute atomic E-state index is 0.0628. The predicted molar refractivity (Wildman–Crippen MR) is 83.8 cm³/mol. The van der Waals surface area contributed by atoms with E-state index in [1.807, 2.05) is 4.90 Å². The van der Waals surface area contributed by atoms with Gasteiger partial charge in [-0.05, 0) is 38.0 Å². The topological polar surface area (TPSA) is 49.4 Å². The molecule has 0 aromatic heterocycles. The SMILES string of the molecule is CCCCCCNC(=O)[C@@H]1CCCCN1C(=O)[C@@H]1C[C@@H]1C. The molecule has 2 aliphatic rings. The van der Waals surface area contributed by atoms with Gasteiger partial charge in [-0.2, -0.15) is 0 Å². The summed E-state index contributed by atoms with van der Waals surface area (Å²) in [4.78, 5) is 26.7. The number of amides is 2. The lowest BCUT2D eigenvalue weighted by atomic mass is 10.0. The Labute approximate surface area is 128 Å². The maximum atomic E-state index is 12.4. The van der Waals surface area contributed by atoms with E-state index >= 15 is 0 Å². The number of unbranched alkanes of at least 4 members (excludes halogenated alkanes) is 3. The molecule has 0 bridgehead atoms. The van der Waals surface area contributed by atoms with Crippen molar-refractivity contribution in [2.75, 3.05) is 13.1 Å². The second-order valence-corrected chi connectivity index (χ2v) is 6.71. The molecule has 1 N–H and O–H groups in total. The molecule has 3 atom stereocenters. The fourth-order valence-electron chi connectivity index (χ4n) is 3.23. The molecule has 1 saturated heterocycles. The highest BCUT2D eigenvalue weighted by Crippen LogP contribution is 2.40. The summed E-state index contributed by atoms with van der Waals surface area (Å²) < 4.78 is 0. The summed E-state index contributed by atoms with van der Waals surface area (Å²) in [6.45, 7) is 5.81. The van der Waals surface area contributed by atoms with Crippen molar-refractivity contribution in [3.8, 4) is 0 Å². The van der Waals surface area contributed by atoms with Gasteiger partial charge in [0.05, 0.1) is 0 Å². The Morgan fingerprint density at radius 1 is 1.19 bits per heavy atom. The number of nitrogens with one attached hydrogen (secondary N) is 1. The Hall–Kier alpha value is -1.06. The van der Waals surface area contributed by atoms with Crippen molar-refractivity contribution in [2.45, 2.75) is 71.3 Å². The molecular formula is C17H30N2O2. The first-order valence-electron chi connectivity index (χ1n) is 8.73. The molecule has 4 heteroatoms. The highest BCUT2D eigenvalue weighted by Gasteiger charge is 2.44. The Bertz CT molecular complexity index is 370. The maximum absolute atomic E-state index is 12.4. The van der Waals surface area contributed by atoms with E-state index in [4.69, 9.17) is 0 Å². The van der Waals surface area contributed by atoms with Crippen molar-refractivity contribution < 1.29 is 9.59 Å². The number of piperidine rings is 1. The van der Waals surface area contributed by atoms with Crippen LogP contribution in [0.4, 0.5) is 0 Å². The van der Waals surface area contributed by atoms with Gasteiger partial charge in [0, 0.05) is 19.0 Å². The van der Waals surface area contributed by atoms with E-state index < -0.39 is 0 Å². The molecule has 1 aliphatic heterocycles. The van der Waals surface area contributed by atoms with Gasteiger partial charge >= 0.3 is 0 Å². The maximum Gasteiger partial charge on any atom is 0.242 e. The standard InChI is InChI=1S/C17H30N2O2/c1-3-4-5-7-10-18-16(20)15-9-6-8-11-19(15)17(21)14-12-13(14)2/h13-15H,3-12H2,1-2H3,(H,18,20)/t13-,14+,15-/m0/s1. The molecule has 1 saturated carbocycles. The zero-order chi connectivity index (χ0) is 15.2. The predicted octanol–water partition coefficient (Wildman–Crippen LogP) is 2.72. The van der Waals surface area contributed by atoms with Gasteiger partial charge in [-0.25, -0.2) is 0 Å². The molecule has 2 fully saturated rings. The van der Waals surface area contributed by atoms with Crippen molar-refractivity contribution in [1.82, 2.24) is 10.2 Å². The Morgan fingerprint density at radius 3 is 2.62 bits per heavy atom. The average Bonchev–Trinajstić information content (AvgIpc) is 3.23. The molecule has 1 heterocycles. The van der Waals surface area contributed by atoms with Crippen LogP contribution in [0.25, 0.3) is 0 Å². The fourth-order valence-corrected chi connectivity index (χ4v) is 3.23. The fraction of sp³-hybridized carbons (Fsp3) is 0.882. The van der Waals surface area contributed by atoms with E-state index in [0.717, 1.165) is 45.2 Å². The van der Waals surface area contributed by atoms with E-state index in [0.29, 0.717) is 5.92 Å². The number of hydrogen-bond donors (Lipinski definition) is 1. The Kier molecular flexibility index (Phi) is 6.07. The molecule has 4 nitrogen and oxygen atoms in total. The lowest BCUT2D eigenvalue weighted by Crippen LogP contribution is -2.52. The van der Waals surface area contributed by atoms with Crippen molar-refractivity contribution in [1.29, 1.82) is 0 Å². The zero-order valence-electron chi connectivity index (χ0n) is 13.6. The highest BCUT2D eigenvalue weighted by molar-refractivity contribution is 5.89. The van der Waals surface area contributed by atoms with Crippen molar-refractivity contribution in [2.24, 2.45) is 11.8 Å². The number of rotatable bonds is 7. The Morgan fingerprint density at radius 2 is 1.95 bits per heavy atom. The second-order valence-electron chi connectivity index (χ2n) is 6.71. The van der Waals surface area contributed by atoms with Gasteiger partial charge in [0.2, 0.25) is 11.8 Å². The van der Waals surface area contributed by atoms with Crippen LogP contribution in [0.15, 0.2) is 0 Å². The number of carbonyl (C=O) groups excluding carboxylic acids is 2. The van der Waals surface area contributed by atoms with Gasteiger partial charge in [0.15, 0.2) is 0 Å². The smallest absolute Gasteiger partial charge is 0.242 e. The van der Waals surface area contributed by atoms with Crippen LogP contribution in [0.1, 0.15) is 65.2 Å². The first kappa shape index (κ1) is 16.3. The molecule has 0 unspecified atom stereocenters. The summed E-state index contributed by atoms with van der Waals surface area (Å²) in [5.74, 6) is 0.973. The molecule has 0 aromatic carbocycles. The lowest BCUT2D eigenvalue weighted by molar-refractivity contribution is -0.143. The normalized spacial score (nSPS) is 28.3. The summed E-state index contributed by atoms with van der Waals surface area (Å²) >= 11 is 0. The molecule has 0 aromatic rings. The van der Waals surface area contributed by atoms with E-state index in [-0.39, 0.29) is 23.8 Å². The van der Waals surface area contributed by atoms with Crippen molar-refractivity contribution in [3.63, 3.8) is 0 Å². The summed E-state index contributed by atoms with van der Waals surface area (Å²) in [5, 5.41) is 3.03. The highest BCUT2D eigenvalue weighted by atomic mass is 16.2. The molecule has 120 valence electrons. The minimum Gasteiger partial charge on any atom is -0.354 e. The number of nitrogens with zero attached hydrogens (tertiary/aromatic N) is 1. The lowest BCUT2D eigenvalue weighted by Gasteiger charge is -2.35. The molecule has 0 spiro atoms. The van der Waals surface area contributed by atoms with Crippen LogP contribution in [0.2, 0.25) is 0 Å².